The van der Waals surface area contributed by atoms with Gasteiger partial charge < -0.3 is 4.84 Å². The topological polar surface area (TPSA) is 63.7 Å². The van der Waals surface area contributed by atoms with Gasteiger partial charge >= 0.3 is 5.97 Å². The summed E-state index contributed by atoms with van der Waals surface area (Å²) in [5.41, 5.74) is 0.603. The van der Waals surface area contributed by atoms with E-state index in [0.29, 0.717) is 21.6 Å². The quantitative estimate of drug-likeness (QED) is 0.732. The van der Waals surface area contributed by atoms with E-state index < -0.39 is 24.7 Å². The van der Waals surface area contributed by atoms with Gasteiger partial charge in [-0.15, -0.1) is 0 Å². The number of carbonyl (C=O) groups excluding carboxylic acids is 3. The van der Waals surface area contributed by atoms with E-state index in [1.54, 1.807) is 36.4 Å². The number of hydrogen-bond acceptors (Lipinski definition) is 4. The molecule has 94 valence electrons. The van der Waals surface area contributed by atoms with Gasteiger partial charge in [0.25, 0.3) is 11.8 Å². The monoisotopic (exact) mass is 257 g/mol. The fraction of sp³-hybridized carbons (Fsp3) is 0.0714. The smallest absolute Gasteiger partial charge is 0.330 e. The van der Waals surface area contributed by atoms with Crippen LogP contribution in [-0.2, 0) is 9.63 Å². The average molecular weight is 257 g/mol. The molecule has 2 amide bonds. The summed E-state index contributed by atoms with van der Waals surface area (Å²) < 4.78 is 6.89. The highest BCUT2D eigenvalue weighted by molar-refractivity contribution is 6.25. The third-order valence-electron chi connectivity index (χ3n) is 2.93. The first-order valence-corrected chi connectivity index (χ1v) is 5.54. The van der Waals surface area contributed by atoms with Crippen molar-refractivity contribution in [1.29, 1.82) is 0 Å². The summed E-state index contributed by atoms with van der Waals surface area (Å²) in [4.78, 5) is 40.3. The molecule has 0 N–H and O–H groups in total. The van der Waals surface area contributed by atoms with E-state index in [2.05, 4.69) is 4.84 Å². The number of benzene rings is 2. The molecule has 0 atom stereocenters. The summed E-state index contributed by atoms with van der Waals surface area (Å²) in [6, 6.07) is 10.1. The zero-order chi connectivity index (χ0) is 14.3. The third-order valence-corrected chi connectivity index (χ3v) is 2.93. The normalized spacial score (nSPS) is 14.5. The first-order chi connectivity index (χ1) is 9.63. The van der Waals surface area contributed by atoms with Crippen molar-refractivity contribution in [2.45, 2.75) is 6.90 Å². The van der Waals surface area contributed by atoms with Crippen molar-refractivity contribution in [2.75, 3.05) is 0 Å². The zero-order valence-electron chi connectivity index (χ0n) is 10.8. The van der Waals surface area contributed by atoms with E-state index >= 15 is 0 Å². The molecular weight excluding hydrogens is 246 g/mol. The molecule has 0 spiro atoms. The molecule has 1 aliphatic heterocycles. The molecule has 19 heavy (non-hydrogen) atoms. The SMILES string of the molecule is [3H]CC(=O)ON1C(=O)c2cccc3cccc(c23)C1=O. The molecule has 0 aromatic heterocycles. The van der Waals surface area contributed by atoms with Gasteiger partial charge in [-0.1, -0.05) is 29.3 Å². The van der Waals surface area contributed by atoms with E-state index in [-0.39, 0.29) is 0 Å². The van der Waals surface area contributed by atoms with Gasteiger partial charge in [0.1, 0.15) is 0 Å². The Labute approximate surface area is 109 Å². The Hall–Kier alpha value is -2.69. The summed E-state index contributed by atoms with van der Waals surface area (Å²) in [5.74, 6) is -2.35. The predicted octanol–water partition coefficient (Wildman–Crippen LogP) is 1.91. The van der Waals surface area contributed by atoms with Crippen LogP contribution in [0.1, 0.15) is 29.0 Å². The largest absolute Gasteiger partial charge is 0.330 e. The van der Waals surface area contributed by atoms with E-state index in [1.165, 1.54) is 0 Å². The summed E-state index contributed by atoms with van der Waals surface area (Å²) >= 11 is 0. The summed E-state index contributed by atoms with van der Waals surface area (Å²) in [6.45, 7) is -0.664. The molecule has 1 aliphatic rings. The van der Waals surface area contributed by atoms with Crippen LogP contribution < -0.4 is 0 Å². The third kappa shape index (κ3) is 1.59. The van der Waals surface area contributed by atoms with Crippen molar-refractivity contribution < 1.29 is 20.6 Å². The number of imide groups is 1. The second kappa shape index (κ2) is 3.91. The minimum absolute atomic E-state index is 0.301. The van der Waals surface area contributed by atoms with Gasteiger partial charge in [-0.05, 0) is 17.5 Å². The molecule has 5 nitrogen and oxygen atoms in total. The molecule has 0 saturated carbocycles. The molecule has 1 heterocycles. The molecular formula is C14H9NO4. The Balaban J connectivity index is 2.19. The molecule has 2 aromatic rings. The number of amides is 2. The van der Waals surface area contributed by atoms with Gasteiger partial charge in [0.05, 0.1) is 11.1 Å². The molecule has 0 bridgehead atoms. The van der Waals surface area contributed by atoms with Crippen LogP contribution in [-0.4, -0.2) is 22.8 Å². The lowest BCUT2D eigenvalue weighted by Crippen LogP contribution is -2.41. The Kier molecular flexibility index (Phi) is 2.11. The number of hydroxylamine groups is 2. The molecule has 3 rings (SSSR count). The number of nitrogens with zero attached hydrogens (tertiary/aromatic N) is 1. The highest BCUT2D eigenvalue weighted by Crippen LogP contribution is 2.29. The Morgan fingerprint density at radius 2 is 1.68 bits per heavy atom. The van der Waals surface area contributed by atoms with E-state index in [1.807, 2.05) is 0 Å². The fourth-order valence-electron chi connectivity index (χ4n) is 2.19. The van der Waals surface area contributed by atoms with Gasteiger partial charge in [0.15, 0.2) is 0 Å². The maximum atomic E-state index is 12.2. The van der Waals surface area contributed by atoms with Crippen molar-refractivity contribution in [2.24, 2.45) is 0 Å². The van der Waals surface area contributed by atoms with Crippen molar-refractivity contribution in [3.8, 4) is 0 Å². The lowest BCUT2D eigenvalue weighted by atomic mass is 9.95. The predicted molar refractivity (Wildman–Crippen MR) is 66.2 cm³/mol. The minimum Gasteiger partial charge on any atom is -0.330 e. The van der Waals surface area contributed by atoms with E-state index in [4.69, 9.17) is 1.37 Å². The van der Waals surface area contributed by atoms with Gasteiger partial charge in [0, 0.05) is 13.7 Å². The summed E-state index contributed by atoms with van der Waals surface area (Å²) in [5, 5.41) is 1.75. The van der Waals surface area contributed by atoms with Crippen molar-refractivity contribution in [1.82, 2.24) is 5.06 Å². The lowest BCUT2D eigenvalue weighted by Gasteiger charge is -2.24. The molecule has 2 aromatic carbocycles. The van der Waals surface area contributed by atoms with Crippen molar-refractivity contribution in [3.63, 3.8) is 0 Å². The molecule has 0 aliphatic carbocycles. The Bertz CT molecular complexity index is 705. The van der Waals surface area contributed by atoms with Crippen LogP contribution in [0.4, 0.5) is 0 Å². The average Bonchev–Trinajstić information content (AvgIpc) is 2.48. The first kappa shape index (κ1) is 10.3. The van der Waals surface area contributed by atoms with Crippen LogP contribution in [0.25, 0.3) is 10.8 Å². The second-order valence-electron chi connectivity index (χ2n) is 4.08. The maximum absolute atomic E-state index is 12.2. The lowest BCUT2D eigenvalue weighted by molar-refractivity contribution is -0.166. The highest BCUT2D eigenvalue weighted by Gasteiger charge is 2.35. The van der Waals surface area contributed by atoms with Gasteiger partial charge in [-0.3, -0.25) is 9.59 Å². The maximum Gasteiger partial charge on any atom is 0.330 e. The van der Waals surface area contributed by atoms with Crippen molar-refractivity contribution in [3.05, 3.63) is 47.5 Å². The fourth-order valence-corrected chi connectivity index (χ4v) is 2.19. The van der Waals surface area contributed by atoms with Crippen molar-refractivity contribution >= 4 is 28.6 Å². The van der Waals surface area contributed by atoms with Gasteiger partial charge in [0.2, 0.25) is 0 Å². The Morgan fingerprint density at radius 3 is 2.21 bits per heavy atom. The van der Waals surface area contributed by atoms with Crippen LogP contribution in [0, 0.1) is 0 Å². The van der Waals surface area contributed by atoms with Gasteiger partial charge in [-0.2, -0.15) is 0 Å². The van der Waals surface area contributed by atoms with Crippen LogP contribution >= 0.6 is 0 Å². The standard InChI is InChI=1S/C14H9NO4/c1-8(16)19-15-13(17)10-6-2-4-9-5-3-7-11(12(9)10)14(15)18/h2-7H,1H3/i1T. The van der Waals surface area contributed by atoms with Crippen LogP contribution in [0.2, 0.25) is 0 Å². The number of carbonyl (C=O) groups is 3. The van der Waals surface area contributed by atoms with Crippen LogP contribution in [0.5, 0.6) is 0 Å². The highest BCUT2D eigenvalue weighted by atomic mass is 16.7. The Morgan fingerprint density at radius 1 is 1.11 bits per heavy atom. The molecule has 5 heteroatoms. The molecule has 0 fully saturated rings. The molecule has 0 unspecified atom stereocenters. The summed E-state index contributed by atoms with van der Waals surface area (Å²) in [6.07, 6.45) is 0. The zero-order valence-corrected chi connectivity index (χ0v) is 9.75. The minimum atomic E-state index is -0.960. The molecule has 0 saturated heterocycles. The number of rotatable bonds is 1. The van der Waals surface area contributed by atoms with E-state index in [9.17, 15) is 14.4 Å². The van der Waals surface area contributed by atoms with Crippen LogP contribution in [0.3, 0.4) is 0 Å². The van der Waals surface area contributed by atoms with Crippen LogP contribution in [0.15, 0.2) is 36.4 Å². The summed E-state index contributed by atoms with van der Waals surface area (Å²) in [7, 11) is 0. The first-order valence-electron chi connectivity index (χ1n) is 6.24. The number of hydrogen-bond donors (Lipinski definition) is 0. The molecule has 0 radical (unpaired) electrons. The second-order valence-corrected chi connectivity index (χ2v) is 4.08. The van der Waals surface area contributed by atoms with E-state index in [0.717, 1.165) is 5.39 Å². The van der Waals surface area contributed by atoms with Gasteiger partial charge in [-0.25, -0.2) is 4.79 Å².